The molecule has 1 amide bonds. The van der Waals surface area contributed by atoms with E-state index in [-0.39, 0.29) is 35.6 Å². The molecule has 2 aromatic carbocycles. The number of ether oxygens (including phenoxy) is 1. The van der Waals surface area contributed by atoms with Gasteiger partial charge in [0, 0.05) is 38.2 Å². The Labute approximate surface area is 204 Å². The Balaban J connectivity index is 0.00000363. The van der Waals surface area contributed by atoms with E-state index in [0.29, 0.717) is 44.1 Å². The molecule has 0 unspecified atom stereocenters. The van der Waals surface area contributed by atoms with Crippen molar-refractivity contribution >= 4 is 35.8 Å². The van der Waals surface area contributed by atoms with Gasteiger partial charge < -0.3 is 20.3 Å². The summed E-state index contributed by atoms with van der Waals surface area (Å²) in [5.74, 6) is 0.928. The third-order valence-corrected chi connectivity index (χ3v) is 4.94. The molecule has 0 radical (unpaired) electrons. The Morgan fingerprint density at radius 2 is 1.94 bits per heavy atom. The molecule has 1 fully saturated rings. The number of alkyl halides is 2. The van der Waals surface area contributed by atoms with Crippen LogP contribution in [-0.4, -0.2) is 36.5 Å². The SMILES string of the molecule is CCNC(=NCc1cccc(CN2CCCC2=O)c1)NCc1ccccc1OC(F)F.I. The van der Waals surface area contributed by atoms with Crippen molar-refractivity contribution in [2.45, 2.75) is 46.0 Å². The molecule has 2 N–H and O–H groups in total. The number of carbonyl (C=O) groups is 1. The normalized spacial score (nSPS) is 13.8. The van der Waals surface area contributed by atoms with Crippen LogP contribution in [-0.2, 0) is 24.4 Å². The monoisotopic (exact) mass is 558 g/mol. The lowest BCUT2D eigenvalue weighted by Gasteiger charge is -2.16. The summed E-state index contributed by atoms with van der Waals surface area (Å²) in [7, 11) is 0. The van der Waals surface area contributed by atoms with E-state index in [1.807, 2.05) is 30.0 Å². The molecule has 174 valence electrons. The van der Waals surface area contributed by atoms with Crippen LogP contribution in [0.15, 0.2) is 53.5 Å². The highest BCUT2D eigenvalue weighted by Crippen LogP contribution is 2.20. The summed E-state index contributed by atoms with van der Waals surface area (Å²) in [5, 5.41) is 6.32. The van der Waals surface area contributed by atoms with E-state index >= 15 is 0 Å². The Morgan fingerprint density at radius 3 is 2.66 bits per heavy atom. The molecule has 0 atom stereocenters. The standard InChI is InChI=1S/C23H28F2N4O2.HI/c1-2-26-23(28-15-19-9-3-4-10-20(19)31-22(24)25)27-14-17-7-5-8-18(13-17)16-29-12-6-11-21(29)30;/h3-5,7-10,13,22H,2,6,11-12,14-16H2,1H3,(H2,26,27,28);1H. The van der Waals surface area contributed by atoms with Crippen LogP contribution in [0.25, 0.3) is 0 Å². The zero-order valence-corrected chi connectivity index (χ0v) is 20.4. The number of guanidine groups is 1. The minimum absolute atomic E-state index is 0. The molecule has 0 bridgehead atoms. The number of rotatable bonds is 9. The van der Waals surface area contributed by atoms with Gasteiger partial charge in [0.2, 0.25) is 5.91 Å². The van der Waals surface area contributed by atoms with Gasteiger partial charge in [-0.25, -0.2) is 4.99 Å². The van der Waals surface area contributed by atoms with Gasteiger partial charge in [0.05, 0.1) is 6.54 Å². The second-order valence-corrected chi connectivity index (χ2v) is 7.27. The third kappa shape index (κ3) is 7.92. The van der Waals surface area contributed by atoms with Crippen LogP contribution in [0.2, 0.25) is 0 Å². The molecule has 1 aliphatic rings. The van der Waals surface area contributed by atoms with E-state index < -0.39 is 6.61 Å². The van der Waals surface area contributed by atoms with Gasteiger partial charge in [-0.1, -0.05) is 42.5 Å². The number of halogens is 3. The van der Waals surface area contributed by atoms with Gasteiger partial charge >= 0.3 is 6.61 Å². The molecule has 9 heteroatoms. The van der Waals surface area contributed by atoms with Crippen molar-refractivity contribution in [3.05, 3.63) is 65.2 Å². The van der Waals surface area contributed by atoms with Crippen LogP contribution in [0, 0.1) is 0 Å². The number of benzene rings is 2. The molecule has 0 saturated carbocycles. The third-order valence-electron chi connectivity index (χ3n) is 4.94. The van der Waals surface area contributed by atoms with Crippen LogP contribution < -0.4 is 15.4 Å². The maximum atomic E-state index is 12.6. The Kier molecular flexibility index (Phi) is 10.6. The van der Waals surface area contributed by atoms with E-state index in [1.54, 1.807) is 18.2 Å². The van der Waals surface area contributed by atoms with Gasteiger partial charge in [0.15, 0.2) is 5.96 Å². The first-order chi connectivity index (χ1) is 15.0. The molecular weight excluding hydrogens is 529 g/mol. The average Bonchev–Trinajstić information content (AvgIpc) is 3.15. The number of aliphatic imine (C=N–C) groups is 1. The molecule has 2 aromatic rings. The molecule has 0 spiro atoms. The smallest absolute Gasteiger partial charge is 0.387 e. The first kappa shape index (κ1) is 25.8. The van der Waals surface area contributed by atoms with Crippen LogP contribution >= 0.6 is 24.0 Å². The number of hydrogen-bond donors (Lipinski definition) is 2. The van der Waals surface area contributed by atoms with Crippen LogP contribution in [0.5, 0.6) is 5.75 Å². The van der Waals surface area contributed by atoms with Crippen molar-refractivity contribution in [3.63, 3.8) is 0 Å². The number of likely N-dealkylation sites (tertiary alicyclic amines) is 1. The lowest BCUT2D eigenvalue weighted by atomic mass is 10.1. The maximum Gasteiger partial charge on any atom is 0.387 e. The maximum absolute atomic E-state index is 12.6. The first-order valence-corrected chi connectivity index (χ1v) is 10.5. The lowest BCUT2D eigenvalue weighted by Crippen LogP contribution is -2.36. The van der Waals surface area contributed by atoms with Gasteiger partial charge in [-0.2, -0.15) is 8.78 Å². The van der Waals surface area contributed by atoms with Crippen molar-refractivity contribution in [3.8, 4) is 5.75 Å². The van der Waals surface area contributed by atoms with E-state index in [4.69, 9.17) is 0 Å². The summed E-state index contributed by atoms with van der Waals surface area (Å²) in [6.07, 6.45) is 1.55. The van der Waals surface area contributed by atoms with Gasteiger partial charge in [-0.05, 0) is 30.5 Å². The zero-order chi connectivity index (χ0) is 22.1. The summed E-state index contributed by atoms with van der Waals surface area (Å²) in [6, 6.07) is 14.7. The van der Waals surface area contributed by atoms with E-state index in [0.717, 1.165) is 24.1 Å². The predicted molar refractivity (Wildman–Crippen MR) is 131 cm³/mol. The number of carbonyl (C=O) groups excluding carboxylic acids is 1. The fourth-order valence-electron chi connectivity index (χ4n) is 3.47. The molecule has 1 saturated heterocycles. The lowest BCUT2D eigenvalue weighted by molar-refractivity contribution is -0.128. The second kappa shape index (κ2) is 13.2. The quantitative estimate of drug-likeness (QED) is 0.274. The van der Waals surface area contributed by atoms with Crippen molar-refractivity contribution in [2.75, 3.05) is 13.1 Å². The van der Waals surface area contributed by atoms with Gasteiger partial charge in [0.1, 0.15) is 5.75 Å². The van der Waals surface area contributed by atoms with E-state index in [1.165, 1.54) is 6.07 Å². The van der Waals surface area contributed by atoms with Crippen LogP contribution in [0.1, 0.15) is 36.5 Å². The molecular formula is C23H29F2IN4O2. The molecule has 1 heterocycles. The van der Waals surface area contributed by atoms with Crippen molar-refractivity contribution in [2.24, 2.45) is 4.99 Å². The number of nitrogens with zero attached hydrogens (tertiary/aromatic N) is 2. The Morgan fingerprint density at radius 1 is 1.16 bits per heavy atom. The molecule has 3 rings (SSSR count). The predicted octanol–water partition coefficient (Wildman–Crippen LogP) is 4.28. The van der Waals surface area contributed by atoms with Crippen molar-refractivity contribution in [1.82, 2.24) is 15.5 Å². The number of amides is 1. The highest BCUT2D eigenvalue weighted by molar-refractivity contribution is 14.0. The molecule has 32 heavy (non-hydrogen) atoms. The minimum atomic E-state index is -2.87. The van der Waals surface area contributed by atoms with Crippen molar-refractivity contribution in [1.29, 1.82) is 0 Å². The fourth-order valence-corrected chi connectivity index (χ4v) is 3.47. The summed E-state index contributed by atoms with van der Waals surface area (Å²) in [4.78, 5) is 18.3. The summed E-state index contributed by atoms with van der Waals surface area (Å²) >= 11 is 0. The first-order valence-electron chi connectivity index (χ1n) is 10.5. The van der Waals surface area contributed by atoms with Crippen molar-refractivity contribution < 1.29 is 18.3 Å². The largest absolute Gasteiger partial charge is 0.434 e. The zero-order valence-electron chi connectivity index (χ0n) is 18.0. The Hall–Kier alpha value is -2.43. The van der Waals surface area contributed by atoms with Gasteiger partial charge in [-0.3, -0.25) is 4.79 Å². The highest BCUT2D eigenvalue weighted by Gasteiger charge is 2.19. The summed E-state index contributed by atoms with van der Waals surface area (Å²) < 4.78 is 29.8. The minimum Gasteiger partial charge on any atom is -0.434 e. The summed E-state index contributed by atoms with van der Waals surface area (Å²) in [6.45, 7) is 1.93. The van der Waals surface area contributed by atoms with Gasteiger partial charge in [0.25, 0.3) is 0 Å². The number of para-hydroxylation sites is 1. The average molecular weight is 558 g/mol. The molecule has 0 aromatic heterocycles. The van der Waals surface area contributed by atoms with Gasteiger partial charge in [-0.15, -0.1) is 24.0 Å². The fraction of sp³-hybridized carbons (Fsp3) is 0.391. The molecule has 6 nitrogen and oxygen atoms in total. The summed E-state index contributed by atoms with van der Waals surface area (Å²) in [5.41, 5.74) is 2.73. The van der Waals surface area contributed by atoms with Crippen LogP contribution in [0.4, 0.5) is 8.78 Å². The number of nitrogens with one attached hydrogen (secondary N) is 2. The molecule has 0 aliphatic carbocycles. The van der Waals surface area contributed by atoms with E-state index in [2.05, 4.69) is 26.4 Å². The Bertz CT molecular complexity index is 911. The highest BCUT2D eigenvalue weighted by atomic mass is 127. The van der Waals surface area contributed by atoms with Crippen LogP contribution in [0.3, 0.4) is 0 Å². The second-order valence-electron chi connectivity index (χ2n) is 7.27. The number of hydrogen-bond acceptors (Lipinski definition) is 3. The topological polar surface area (TPSA) is 66.0 Å². The van der Waals surface area contributed by atoms with E-state index in [9.17, 15) is 13.6 Å². The molecule has 1 aliphatic heterocycles.